The zero-order valence-electron chi connectivity index (χ0n) is 14.6. The van der Waals surface area contributed by atoms with Gasteiger partial charge in [0.25, 0.3) is 0 Å². The SMILES string of the molecule is CCOP(=O)(OCC)C1N=CN(C(C)c2ccccc2)C1(C)C. The Balaban J connectivity index is 2.28. The molecule has 2 rings (SSSR count). The highest BCUT2D eigenvalue weighted by atomic mass is 31.2. The highest BCUT2D eigenvalue weighted by Gasteiger charge is 2.52. The molecule has 0 radical (unpaired) electrons. The van der Waals surface area contributed by atoms with Gasteiger partial charge in [-0.2, -0.15) is 0 Å². The fraction of sp³-hybridized carbons (Fsp3) is 0.588. The molecule has 0 aliphatic carbocycles. The van der Waals surface area contributed by atoms with Gasteiger partial charge in [0.2, 0.25) is 0 Å². The van der Waals surface area contributed by atoms with E-state index in [4.69, 9.17) is 9.05 Å². The number of hydrogen-bond donors (Lipinski definition) is 0. The molecule has 1 heterocycles. The van der Waals surface area contributed by atoms with E-state index in [-0.39, 0.29) is 6.04 Å². The smallest absolute Gasteiger partial charge is 0.348 e. The Hall–Kier alpha value is -1.16. The van der Waals surface area contributed by atoms with Crippen molar-refractivity contribution in [1.82, 2.24) is 4.90 Å². The maximum absolute atomic E-state index is 13.2. The lowest BCUT2D eigenvalue weighted by Crippen LogP contribution is -2.47. The molecule has 0 N–H and O–H groups in total. The van der Waals surface area contributed by atoms with E-state index in [2.05, 4.69) is 28.9 Å². The van der Waals surface area contributed by atoms with Gasteiger partial charge >= 0.3 is 7.60 Å². The summed E-state index contributed by atoms with van der Waals surface area (Å²) in [6.45, 7) is 10.5. The van der Waals surface area contributed by atoms with Crippen molar-refractivity contribution < 1.29 is 13.6 Å². The normalized spacial score (nSPS) is 21.6. The fourth-order valence-electron chi connectivity index (χ4n) is 3.10. The summed E-state index contributed by atoms with van der Waals surface area (Å²) in [5, 5.41) is 0. The molecule has 0 spiro atoms. The van der Waals surface area contributed by atoms with E-state index >= 15 is 0 Å². The van der Waals surface area contributed by atoms with Crippen LogP contribution in [0.2, 0.25) is 0 Å². The van der Waals surface area contributed by atoms with Gasteiger partial charge in [-0.3, -0.25) is 9.56 Å². The fourth-order valence-corrected chi connectivity index (χ4v) is 5.30. The molecule has 0 fully saturated rings. The minimum absolute atomic E-state index is 0.122. The quantitative estimate of drug-likeness (QED) is 0.689. The number of aliphatic imine (C=N–C) groups is 1. The van der Waals surface area contributed by atoms with E-state index in [1.54, 1.807) is 6.34 Å². The molecule has 0 saturated carbocycles. The Bertz CT molecular complexity index is 579. The highest BCUT2D eigenvalue weighted by Crippen LogP contribution is 2.59. The molecule has 1 aromatic rings. The number of rotatable bonds is 7. The summed E-state index contributed by atoms with van der Waals surface area (Å²) in [5.74, 6) is -0.527. The third-order valence-corrected chi connectivity index (χ3v) is 6.85. The molecule has 1 aromatic carbocycles. The van der Waals surface area contributed by atoms with Crippen LogP contribution in [0.5, 0.6) is 0 Å². The third-order valence-electron chi connectivity index (χ3n) is 4.25. The van der Waals surface area contributed by atoms with Crippen molar-refractivity contribution in [1.29, 1.82) is 0 Å². The van der Waals surface area contributed by atoms with Gasteiger partial charge in [0, 0.05) is 0 Å². The average molecular weight is 338 g/mol. The van der Waals surface area contributed by atoms with Gasteiger partial charge in [-0.1, -0.05) is 30.3 Å². The maximum Gasteiger partial charge on any atom is 0.357 e. The summed E-state index contributed by atoms with van der Waals surface area (Å²) < 4.78 is 24.2. The molecule has 2 atom stereocenters. The number of benzene rings is 1. The molecule has 23 heavy (non-hydrogen) atoms. The second-order valence-corrected chi connectivity index (χ2v) is 8.25. The molecule has 1 aliphatic rings. The summed E-state index contributed by atoms with van der Waals surface area (Å²) in [5.41, 5.74) is 0.727. The second kappa shape index (κ2) is 7.16. The van der Waals surface area contributed by atoms with Crippen LogP contribution in [0.25, 0.3) is 0 Å². The molecule has 0 saturated heterocycles. The Morgan fingerprint density at radius 1 is 1.22 bits per heavy atom. The molecule has 5 nitrogen and oxygen atoms in total. The van der Waals surface area contributed by atoms with E-state index in [1.165, 1.54) is 5.56 Å². The third kappa shape index (κ3) is 3.52. The van der Waals surface area contributed by atoms with Crippen LogP contribution in [0.1, 0.15) is 46.2 Å². The van der Waals surface area contributed by atoms with Crippen LogP contribution in [-0.2, 0) is 13.6 Å². The number of nitrogens with zero attached hydrogens (tertiary/aromatic N) is 2. The van der Waals surface area contributed by atoms with Gasteiger partial charge in [-0.05, 0) is 40.2 Å². The second-order valence-electron chi connectivity index (χ2n) is 6.16. The van der Waals surface area contributed by atoms with Crippen molar-refractivity contribution in [3.63, 3.8) is 0 Å². The molecule has 128 valence electrons. The summed E-state index contributed by atoms with van der Waals surface area (Å²) in [6.07, 6.45) is 1.78. The van der Waals surface area contributed by atoms with Crippen LogP contribution in [0.4, 0.5) is 0 Å². The summed E-state index contributed by atoms with van der Waals surface area (Å²) in [7, 11) is -3.30. The number of hydrogen-bond acceptors (Lipinski definition) is 5. The van der Waals surface area contributed by atoms with Crippen LogP contribution >= 0.6 is 7.60 Å². The van der Waals surface area contributed by atoms with Gasteiger partial charge in [-0.15, -0.1) is 0 Å². The Kier molecular flexibility index (Phi) is 5.66. The Morgan fingerprint density at radius 3 is 2.30 bits per heavy atom. The van der Waals surface area contributed by atoms with Crippen LogP contribution < -0.4 is 0 Å². The maximum atomic E-state index is 13.2. The molecular formula is C17H27N2O3P. The zero-order valence-corrected chi connectivity index (χ0v) is 15.5. The first-order chi connectivity index (χ1) is 10.9. The van der Waals surface area contributed by atoms with Crippen molar-refractivity contribution in [3.05, 3.63) is 35.9 Å². The van der Waals surface area contributed by atoms with E-state index < -0.39 is 18.9 Å². The summed E-state index contributed by atoms with van der Waals surface area (Å²) in [6, 6.07) is 10.3. The van der Waals surface area contributed by atoms with Gasteiger partial charge in [-0.25, -0.2) is 0 Å². The van der Waals surface area contributed by atoms with Gasteiger partial charge in [0.1, 0.15) is 0 Å². The van der Waals surface area contributed by atoms with Crippen molar-refractivity contribution in [2.45, 2.75) is 52.0 Å². The van der Waals surface area contributed by atoms with E-state index in [0.717, 1.165) is 0 Å². The van der Waals surface area contributed by atoms with E-state index in [9.17, 15) is 4.57 Å². The lowest BCUT2D eigenvalue weighted by Gasteiger charge is -2.41. The van der Waals surface area contributed by atoms with Gasteiger partial charge < -0.3 is 13.9 Å². The van der Waals surface area contributed by atoms with Crippen LogP contribution in [0.3, 0.4) is 0 Å². The largest absolute Gasteiger partial charge is 0.357 e. The van der Waals surface area contributed by atoms with Gasteiger partial charge in [0.05, 0.1) is 31.1 Å². The zero-order chi connectivity index (χ0) is 17.1. The molecule has 0 bridgehead atoms. The van der Waals surface area contributed by atoms with Crippen molar-refractivity contribution in [2.75, 3.05) is 13.2 Å². The average Bonchev–Trinajstić information content (AvgIpc) is 2.83. The molecule has 0 amide bonds. The minimum atomic E-state index is -3.30. The van der Waals surface area contributed by atoms with Crippen molar-refractivity contribution >= 4 is 13.9 Å². The predicted octanol–water partition coefficient (Wildman–Crippen LogP) is 4.46. The van der Waals surface area contributed by atoms with Gasteiger partial charge in [0.15, 0.2) is 5.78 Å². The van der Waals surface area contributed by atoms with Crippen molar-refractivity contribution in [3.8, 4) is 0 Å². The van der Waals surface area contributed by atoms with Crippen molar-refractivity contribution in [2.24, 2.45) is 4.99 Å². The van der Waals surface area contributed by atoms with Crippen LogP contribution in [0, 0.1) is 0 Å². The summed E-state index contributed by atoms with van der Waals surface area (Å²) in [4.78, 5) is 6.65. The lowest BCUT2D eigenvalue weighted by atomic mass is 9.99. The summed E-state index contributed by atoms with van der Waals surface area (Å²) >= 11 is 0. The Labute approximate surface area is 139 Å². The predicted molar refractivity (Wildman–Crippen MR) is 93.9 cm³/mol. The first-order valence-corrected chi connectivity index (χ1v) is 9.73. The molecule has 2 unspecified atom stereocenters. The molecule has 6 heteroatoms. The Morgan fingerprint density at radius 2 is 1.78 bits per heavy atom. The first kappa shape index (κ1) is 18.2. The van der Waals surface area contributed by atoms with E-state index in [1.807, 2.05) is 45.9 Å². The highest BCUT2D eigenvalue weighted by molar-refractivity contribution is 7.54. The van der Waals surface area contributed by atoms with Crippen LogP contribution in [0.15, 0.2) is 35.3 Å². The topological polar surface area (TPSA) is 51.1 Å². The van der Waals surface area contributed by atoms with Crippen LogP contribution in [-0.4, -0.2) is 35.8 Å². The lowest BCUT2D eigenvalue weighted by molar-refractivity contribution is 0.155. The molecule has 0 aromatic heterocycles. The first-order valence-electron chi connectivity index (χ1n) is 8.12. The molecule has 1 aliphatic heterocycles. The van der Waals surface area contributed by atoms with E-state index in [0.29, 0.717) is 13.2 Å². The molecular weight excluding hydrogens is 311 g/mol. The monoisotopic (exact) mass is 338 g/mol. The standard InChI is InChI=1S/C17H27N2O3P/c1-6-21-23(20,22-7-2)16-17(4,5)19(13-18-16)14(3)15-11-9-8-10-12-15/h8-14,16H,6-7H2,1-5H3. The minimum Gasteiger partial charge on any atom is -0.348 e.